The van der Waals surface area contributed by atoms with E-state index in [1.54, 1.807) is 0 Å². The number of rotatable bonds is 6. The summed E-state index contributed by atoms with van der Waals surface area (Å²) in [4.78, 5) is 2.28. The van der Waals surface area contributed by atoms with Crippen LogP contribution in [-0.2, 0) is 0 Å². The van der Waals surface area contributed by atoms with Gasteiger partial charge in [-0.05, 0) is 82.9 Å². The molecule has 4 heteroatoms. The first kappa shape index (κ1) is 30.5. The summed E-state index contributed by atoms with van der Waals surface area (Å²) in [6.07, 6.45) is 0. The SMILES string of the molecule is N#Cc1cccc(-c2ccc(N(c3ccc(-c4cccc5c4oc4ccccc45)cc3)c3cccc(-c4cccc5c4oc4ccccc45)c3)cc2)c1. The van der Waals surface area contributed by atoms with Crippen molar-refractivity contribution < 1.29 is 8.83 Å². The van der Waals surface area contributed by atoms with Gasteiger partial charge in [-0.25, -0.2) is 0 Å². The molecule has 248 valence electrons. The van der Waals surface area contributed by atoms with E-state index >= 15 is 0 Å². The van der Waals surface area contributed by atoms with Gasteiger partial charge >= 0.3 is 0 Å². The summed E-state index contributed by atoms with van der Waals surface area (Å²) in [5, 5.41) is 13.9. The molecular formula is C49H30N2O2. The molecule has 0 radical (unpaired) electrons. The third-order valence-corrected chi connectivity index (χ3v) is 10.1. The molecule has 0 spiro atoms. The Morgan fingerprint density at radius 2 is 0.887 bits per heavy atom. The first-order valence-corrected chi connectivity index (χ1v) is 17.6. The van der Waals surface area contributed by atoms with Crippen LogP contribution in [0.1, 0.15) is 5.56 Å². The molecule has 0 saturated carbocycles. The molecule has 0 fully saturated rings. The minimum Gasteiger partial charge on any atom is -0.455 e. The maximum absolute atomic E-state index is 9.49. The number of benzene rings is 8. The molecule has 0 bridgehead atoms. The average molecular weight is 679 g/mol. The van der Waals surface area contributed by atoms with Gasteiger partial charge in [0.05, 0.1) is 11.6 Å². The summed E-state index contributed by atoms with van der Waals surface area (Å²) in [5.41, 5.74) is 13.5. The summed E-state index contributed by atoms with van der Waals surface area (Å²) in [6, 6.07) is 64.9. The van der Waals surface area contributed by atoms with Gasteiger partial charge in [-0.1, -0.05) is 121 Å². The standard InChI is InChI=1S/C49H30N2O2/c50-31-32-9-5-10-35(29-32)33-21-25-37(26-22-33)51(38-27-23-34(24-28-38)40-15-7-17-44-42-13-1-3-19-46(42)52-48(40)44)39-12-6-11-36(30-39)41-16-8-18-45-43-14-2-4-20-47(43)53-49(41)45/h1-30H. The van der Waals surface area contributed by atoms with Crippen LogP contribution in [0.2, 0.25) is 0 Å². The second-order valence-corrected chi connectivity index (χ2v) is 13.2. The minimum absolute atomic E-state index is 0.642. The lowest BCUT2D eigenvalue weighted by atomic mass is 10.00. The van der Waals surface area contributed by atoms with Crippen LogP contribution in [0.4, 0.5) is 17.1 Å². The predicted octanol–water partition coefficient (Wildman–Crippen LogP) is 13.8. The Balaban J connectivity index is 1.09. The molecule has 0 aliphatic rings. The van der Waals surface area contributed by atoms with E-state index in [9.17, 15) is 5.26 Å². The Bertz CT molecular complexity index is 3020. The van der Waals surface area contributed by atoms with Crippen molar-refractivity contribution in [3.8, 4) is 39.4 Å². The highest BCUT2D eigenvalue weighted by Gasteiger charge is 2.18. The fourth-order valence-corrected chi connectivity index (χ4v) is 7.57. The fraction of sp³-hybridized carbons (Fsp3) is 0. The van der Waals surface area contributed by atoms with Crippen molar-refractivity contribution in [2.75, 3.05) is 4.90 Å². The predicted molar refractivity (Wildman–Crippen MR) is 217 cm³/mol. The van der Waals surface area contributed by atoms with Crippen LogP contribution >= 0.6 is 0 Å². The smallest absolute Gasteiger partial charge is 0.143 e. The van der Waals surface area contributed by atoms with Crippen LogP contribution in [-0.4, -0.2) is 0 Å². The lowest BCUT2D eigenvalue weighted by Gasteiger charge is -2.26. The van der Waals surface area contributed by atoms with E-state index in [4.69, 9.17) is 8.83 Å². The quantitative estimate of drug-likeness (QED) is 0.176. The molecule has 0 unspecified atom stereocenters. The topological polar surface area (TPSA) is 53.3 Å². The molecule has 0 aliphatic heterocycles. The van der Waals surface area contributed by atoms with Crippen LogP contribution in [0.5, 0.6) is 0 Å². The molecule has 8 aromatic carbocycles. The molecule has 0 aliphatic carbocycles. The van der Waals surface area contributed by atoms with Crippen molar-refractivity contribution in [2.45, 2.75) is 0 Å². The normalized spacial score (nSPS) is 11.4. The summed E-state index contributed by atoms with van der Waals surface area (Å²) in [7, 11) is 0. The van der Waals surface area contributed by atoms with Gasteiger partial charge < -0.3 is 13.7 Å². The number of nitrogens with zero attached hydrogens (tertiary/aromatic N) is 2. The van der Waals surface area contributed by atoms with E-state index in [1.165, 1.54) is 0 Å². The zero-order valence-electron chi connectivity index (χ0n) is 28.5. The van der Waals surface area contributed by atoms with Crippen LogP contribution in [0.25, 0.3) is 77.3 Å². The lowest BCUT2D eigenvalue weighted by molar-refractivity contribution is 0.669. The Labute approximate surface area is 306 Å². The number of hydrogen-bond donors (Lipinski definition) is 0. The van der Waals surface area contributed by atoms with Crippen LogP contribution in [0, 0.1) is 11.3 Å². The molecule has 4 nitrogen and oxygen atoms in total. The number of furan rings is 2. The fourth-order valence-electron chi connectivity index (χ4n) is 7.57. The van der Waals surface area contributed by atoms with E-state index < -0.39 is 0 Å². The summed E-state index contributed by atoms with van der Waals surface area (Å²) in [6.45, 7) is 0. The van der Waals surface area contributed by atoms with Crippen LogP contribution < -0.4 is 4.90 Å². The molecule has 10 aromatic rings. The summed E-state index contributed by atoms with van der Waals surface area (Å²) < 4.78 is 12.8. The van der Waals surface area contributed by atoms with Crippen LogP contribution in [0.3, 0.4) is 0 Å². The zero-order valence-corrected chi connectivity index (χ0v) is 28.5. The van der Waals surface area contributed by atoms with Gasteiger partial charge in [-0.15, -0.1) is 0 Å². The molecule has 0 saturated heterocycles. The van der Waals surface area contributed by atoms with Crippen LogP contribution in [0.15, 0.2) is 191 Å². The van der Waals surface area contributed by atoms with Crippen molar-refractivity contribution in [1.29, 1.82) is 5.26 Å². The summed E-state index contributed by atoms with van der Waals surface area (Å²) >= 11 is 0. The Morgan fingerprint density at radius 1 is 0.377 bits per heavy atom. The molecule has 0 atom stereocenters. The second kappa shape index (κ2) is 12.5. The van der Waals surface area contributed by atoms with Gasteiger partial charge in [0, 0.05) is 49.7 Å². The van der Waals surface area contributed by atoms with Crippen molar-refractivity contribution in [3.05, 3.63) is 188 Å². The zero-order chi connectivity index (χ0) is 35.3. The number of para-hydroxylation sites is 4. The monoisotopic (exact) mass is 678 g/mol. The van der Waals surface area contributed by atoms with Gasteiger partial charge in [0.2, 0.25) is 0 Å². The highest BCUT2D eigenvalue weighted by Crippen LogP contribution is 2.42. The number of nitriles is 1. The van der Waals surface area contributed by atoms with Gasteiger partial charge in [0.25, 0.3) is 0 Å². The third-order valence-electron chi connectivity index (χ3n) is 10.1. The van der Waals surface area contributed by atoms with Crippen molar-refractivity contribution in [3.63, 3.8) is 0 Å². The van der Waals surface area contributed by atoms with E-state index in [0.29, 0.717) is 5.56 Å². The summed E-state index contributed by atoms with van der Waals surface area (Å²) in [5.74, 6) is 0. The van der Waals surface area contributed by atoms with Gasteiger partial charge in [-0.2, -0.15) is 5.26 Å². The molecule has 53 heavy (non-hydrogen) atoms. The second-order valence-electron chi connectivity index (χ2n) is 13.2. The average Bonchev–Trinajstić information content (AvgIpc) is 3.80. The van der Waals surface area contributed by atoms with E-state index in [2.05, 4.69) is 144 Å². The number of hydrogen-bond acceptors (Lipinski definition) is 4. The minimum atomic E-state index is 0.642. The Kier molecular flexibility index (Phi) is 7.16. The molecule has 10 rings (SSSR count). The van der Waals surface area contributed by atoms with Crippen molar-refractivity contribution in [1.82, 2.24) is 0 Å². The number of anilines is 3. The highest BCUT2D eigenvalue weighted by molar-refractivity contribution is 6.10. The molecule has 0 amide bonds. The van der Waals surface area contributed by atoms with Gasteiger partial charge in [-0.3, -0.25) is 0 Å². The first-order valence-electron chi connectivity index (χ1n) is 17.6. The maximum atomic E-state index is 9.49. The van der Waals surface area contributed by atoms with Crippen molar-refractivity contribution in [2.24, 2.45) is 0 Å². The Hall–Kier alpha value is -7.35. The maximum Gasteiger partial charge on any atom is 0.143 e. The lowest BCUT2D eigenvalue weighted by Crippen LogP contribution is -2.10. The van der Waals surface area contributed by atoms with E-state index in [-0.39, 0.29) is 0 Å². The highest BCUT2D eigenvalue weighted by atomic mass is 16.3. The molecule has 0 N–H and O–H groups in total. The van der Waals surface area contributed by atoms with Gasteiger partial charge in [0.15, 0.2) is 0 Å². The molecule has 2 aromatic heterocycles. The molecule has 2 heterocycles. The van der Waals surface area contributed by atoms with E-state index in [0.717, 1.165) is 94.3 Å². The first-order chi connectivity index (χ1) is 26.2. The van der Waals surface area contributed by atoms with E-state index in [1.807, 2.05) is 48.5 Å². The third kappa shape index (κ3) is 5.23. The van der Waals surface area contributed by atoms with Crippen molar-refractivity contribution >= 4 is 60.9 Å². The number of fused-ring (bicyclic) bond motifs is 6. The molecular weight excluding hydrogens is 649 g/mol. The van der Waals surface area contributed by atoms with Gasteiger partial charge in [0.1, 0.15) is 22.3 Å². The largest absolute Gasteiger partial charge is 0.455 e. The Morgan fingerprint density at radius 3 is 1.51 bits per heavy atom.